The molecule has 1 fully saturated rings. The van der Waals surface area contributed by atoms with Crippen molar-refractivity contribution >= 4 is 28.6 Å². The minimum absolute atomic E-state index is 0.0186. The molecule has 1 aliphatic heterocycles. The lowest BCUT2D eigenvalue weighted by Gasteiger charge is -2.32. The topological polar surface area (TPSA) is 86.7 Å². The highest BCUT2D eigenvalue weighted by molar-refractivity contribution is 5.91. The van der Waals surface area contributed by atoms with Crippen LogP contribution >= 0.6 is 0 Å². The predicted molar refractivity (Wildman–Crippen MR) is 107 cm³/mol. The summed E-state index contributed by atoms with van der Waals surface area (Å²) in [5, 5.41) is 13.7. The summed E-state index contributed by atoms with van der Waals surface area (Å²) in [6, 6.07) is 13.8. The second kappa shape index (κ2) is 9.35. The van der Waals surface area contributed by atoms with E-state index in [0.717, 1.165) is 29.2 Å². The van der Waals surface area contributed by atoms with E-state index in [1.165, 1.54) is 0 Å². The Bertz CT molecular complexity index is 859. The first kappa shape index (κ1) is 19.9. The Morgan fingerprint density at radius 2 is 1.89 bits per heavy atom. The van der Waals surface area contributed by atoms with Crippen molar-refractivity contribution in [3.63, 3.8) is 0 Å². The highest BCUT2D eigenvalue weighted by atomic mass is 16.4. The van der Waals surface area contributed by atoms with Crippen LogP contribution in [-0.4, -0.2) is 47.4 Å². The molecule has 1 saturated heterocycles. The van der Waals surface area contributed by atoms with Crippen molar-refractivity contribution in [1.82, 2.24) is 10.2 Å². The predicted octanol–water partition coefficient (Wildman–Crippen LogP) is 2.60. The Balaban J connectivity index is 1.50. The zero-order valence-electron chi connectivity index (χ0n) is 15.9. The fraction of sp³-hybridized carbons (Fsp3) is 0.409. The summed E-state index contributed by atoms with van der Waals surface area (Å²) in [5.74, 6) is -0.861. The first-order valence-electron chi connectivity index (χ1n) is 9.76. The molecule has 0 saturated carbocycles. The van der Waals surface area contributed by atoms with E-state index in [9.17, 15) is 14.4 Å². The number of amides is 2. The SMILES string of the molecule is O=C(O)CCC1CCCN(C(=O)CNC(=O)Cc2cccc3ccccc23)C1. The largest absolute Gasteiger partial charge is 0.481 e. The number of aliphatic carboxylic acids is 1. The van der Waals surface area contributed by atoms with E-state index in [2.05, 4.69) is 5.32 Å². The number of likely N-dealkylation sites (tertiary alicyclic amines) is 1. The number of carboxylic acid groups (broad SMARTS) is 1. The molecule has 28 heavy (non-hydrogen) atoms. The number of benzene rings is 2. The van der Waals surface area contributed by atoms with E-state index >= 15 is 0 Å². The molecule has 2 amide bonds. The molecular weight excluding hydrogens is 356 g/mol. The molecule has 1 atom stereocenters. The Morgan fingerprint density at radius 3 is 2.71 bits per heavy atom. The molecule has 6 heteroatoms. The van der Waals surface area contributed by atoms with Gasteiger partial charge in [0, 0.05) is 19.5 Å². The van der Waals surface area contributed by atoms with Crippen LogP contribution in [0, 0.1) is 5.92 Å². The number of hydrogen-bond acceptors (Lipinski definition) is 3. The van der Waals surface area contributed by atoms with Gasteiger partial charge in [-0.05, 0) is 41.5 Å². The van der Waals surface area contributed by atoms with E-state index in [1.54, 1.807) is 4.90 Å². The molecule has 148 valence electrons. The van der Waals surface area contributed by atoms with Crippen molar-refractivity contribution in [3.8, 4) is 0 Å². The Labute approximate surface area is 164 Å². The third-order valence-corrected chi connectivity index (χ3v) is 5.31. The van der Waals surface area contributed by atoms with Crippen LogP contribution in [0.4, 0.5) is 0 Å². The molecule has 3 rings (SSSR count). The molecule has 0 aliphatic carbocycles. The second-order valence-corrected chi connectivity index (χ2v) is 7.37. The fourth-order valence-corrected chi connectivity index (χ4v) is 3.82. The number of rotatable bonds is 7. The molecule has 0 spiro atoms. The van der Waals surface area contributed by atoms with Crippen LogP contribution in [0.3, 0.4) is 0 Å². The minimum atomic E-state index is -0.802. The zero-order valence-corrected chi connectivity index (χ0v) is 15.9. The standard InChI is InChI=1S/C22H26N2O4/c25-20(13-18-8-3-7-17-6-1-2-9-19(17)18)23-14-21(26)24-12-4-5-16(15-24)10-11-22(27)28/h1-3,6-9,16H,4-5,10-15H2,(H,23,25)(H,27,28). The molecule has 1 unspecified atom stereocenters. The summed E-state index contributed by atoms with van der Waals surface area (Å²) < 4.78 is 0. The summed E-state index contributed by atoms with van der Waals surface area (Å²) in [6.07, 6.45) is 2.78. The minimum Gasteiger partial charge on any atom is -0.481 e. The lowest BCUT2D eigenvalue weighted by Crippen LogP contribution is -2.45. The zero-order chi connectivity index (χ0) is 19.9. The highest BCUT2D eigenvalue weighted by Crippen LogP contribution is 2.21. The monoisotopic (exact) mass is 382 g/mol. The van der Waals surface area contributed by atoms with Crippen LogP contribution < -0.4 is 5.32 Å². The van der Waals surface area contributed by atoms with Crippen LogP contribution in [0.5, 0.6) is 0 Å². The number of nitrogens with zero attached hydrogens (tertiary/aromatic N) is 1. The summed E-state index contributed by atoms with van der Waals surface area (Å²) in [7, 11) is 0. The van der Waals surface area contributed by atoms with Crippen molar-refractivity contribution in [1.29, 1.82) is 0 Å². The number of carboxylic acids is 1. The van der Waals surface area contributed by atoms with Crippen LogP contribution in [0.15, 0.2) is 42.5 Å². The summed E-state index contributed by atoms with van der Waals surface area (Å²) in [4.78, 5) is 37.3. The quantitative estimate of drug-likeness (QED) is 0.771. The smallest absolute Gasteiger partial charge is 0.303 e. The molecule has 0 aromatic heterocycles. The lowest BCUT2D eigenvalue weighted by molar-refractivity contribution is -0.137. The van der Waals surface area contributed by atoms with Gasteiger partial charge in [0.25, 0.3) is 0 Å². The molecule has 2 aromatic carbocycles. The van der Waals surface area contributed by atoms with E-state index in [1.807, 2.05) is 42.5 Å². The van der Waals surface area contributed by atoms with Crippen molar-refractivity contribution in [2.24, 2.45) is 5.92 Å². The van der Waals surface area contributed by atoms with Gasteiger partial charge < -0.3 is 15.3 Å². The van der Waals surface area contributed by atoms with Gasteiger partial charge in [0.1, 0.15) is 0 Å². The van der Waals surface area contributed by atoms with Crippen LogP contribution in [0.2, 0.25) is 0 Å². The Hall–Kier alpha value is -2.89. The molecular formula is C22H26N2O4. The number of carbonyl (C=O) groups excluding carboxylic acids is 2. The molecule has 1 heterocycles. The molecule has 1 aliphatic rings. The van der Waals surface area contributed by atoms with E-state index in [0.29, 0.717) is 19.5 Å². The van der Waals surface area contributed by atoms with Gasteiger partial charge in [-0.2, -0.15) is 0 Å². The maximum absolute atomic E-state index is 12.4. The normalized spacial score (nSPS) is 16.7. The van der Waals surface area contributed by atoms with E-state index in [-0.39, 0.29) is 37.1 Å². The second-order valence-electron chi connectivity index (χ2n) is 7.37. The Morgan fingerprint density at radius 1 is 1.11 bits per heavy atom. The third kappa shape index (κ3) is 5.31. The van der Waals surface area contributed by atoms with Gasteiger partial charge >= 0.3 is 5.97 Å². The summed E-state index contributed by atoms with van der Waals surface area (Å²) in [6.45, 7) is 1.22. The molecule has 6 nitrogen and oxygen atoms in total. The van der Waals surface area contributed by atoms with E-state index in [4.69, 9.17) is 5.11 Å². The highest BCUT2D eigenvalue weighted by Gasteiger charge is 2.24. The average molecular weight is 382 g/mol. The third-order valence-electron chi connectivity index (χ3n) is 5.31. The van der Waals surface area contributed by atoms with Crippen molar-refractivity contribution in [2.45, 2.75) is 32.1 Å². The number of fused-ring (bicyclic) bond motifs is 1. The number of carbonyl (C=O) groups is 3. The van der Waals surface area contributed by atoms with Crippen molar-refractivity contribution in [2.75, 3.05) is 19.6 Å². The number of hydrogen-bond donors (Lipinski definition) is 2. The van der Waals surface area contributed by atoms with Crippen LogP contribution in [-0.2, 0) is 20.8 Å². The van der Waals surface area contributed by atoms with Gasteiger partial charge in [0.15, 0.2) is 0 Å². The van der Waals surface area contributed by atoms with Crippen molar-refractivity contribution < 1.29 is 19.5 Å². The molecule has 0 radical (unpaired) electrons. The maximum atomic E-state index is 12.4. The van der Waals surface area contributed by atoms with E-state index < -0.39 is 5.97 Å². The number of piperidine rings is 1. The van der Waals surface area contributed by atoms with Crippen LogP contribution in [0.1, 0.15) is 31.2 Å². The average Bonchev–Trinajstić information content (AvgIpc) is 2.71. The first-order valence-corrected chi connectivity index (χ1v) is 9.76. The van der Waals surface area contributed by atoms with Gasteiger partial charge in [-0.15, -0.1) is 0 Å². The fourth-order valence-electron chi connectivity index (χ4n) is 3.82. The molecule has 0 bridgehead atoms. The van der Waals surface area contributed by atoms with Gasteiger partial charge in [-0.3, -0.25) is 14.4 Å². The summed E-state index contributed by atoms with van der Waals surface area (Å²) >= 11 is 0. The maximum Gasteiger partial charge on any atom is 0.303 e. The van der Waals surface area contributed by atoms with Gasteiger partial charge in [0.2, 0.25) is 11.8 Å². The first-order chi connectivity index (χ1) is 13.5. The van der Waals surface area contributed by atoms with Crippen LogP contribution in [0.25, 0.3) is 10.8 Å². The summed E-state index contributed by atoms with van der Waals surface area (Å²) in [5.41, 5.74) is 0.940. The number of nitrogens with one attached hydrogen (secondary N) is 1. The van der Waals surface area contributed by atoms with Gasteiger partial charge in [-0.25, -0.2) is 0 Å². The lowest BCUT2D eigenvalue weighted by atomic mass is 9.93. The molecule has 2 N–H and O–H groups in total. The van der Waals surface area contributed by atoms with Gasteiger partial charge in [0.05, 0.1) is 13.0 Å². The Kier molecular flexibility index (Phi) is 6.63. The molecule has 2 aromatic rings. The van der Waals surface area contributed by atoms with Crippen molar-refractivity contribution in [3.05, 3.63) is 48.0 Å². The van der Waals surface area contributed by atoms with Gasteiger partial charge in [-0.1, -0.05) is 42.5 Å².